The summed E-state index contributed by atoms with van der Waals surface area (Å²) in [5.74, 6) is -2.44. The zero-order valence-electron chi connectivity index (χ0n) is 40.6. The molecule has 12 heteroatoms. The van der Waals surface area contributed by atoms with E-state index >= 15 is 0 Å². The second kappa shape index (κ2) is 47.0. The van der Waals surface area contributed by atoms with Gasteiger partial charge in [-0.1, -0.05) is 217 Å². The van der Waals surface area contributed by atoms with Crippen LogP contribution < -0.4 is 5.73 Å². The van der Waals surface area contributed by atoms with Crippen molar-refractivity contribution in [3.63, 3.8) is 0 Å². The van der Waals surface area contributed by atoms with Gasteiger partial charge in [0.15, 0.2) is 6.10 Å². The normalized spacial score (nSPS) is 13.9. The summed E-state index contributed by atoms with van der Waals surface area (Å²) >= 11 is 0. The average Bonchev–Trinajstić information content (AvgIpc) is 3.27. The lowest BCUT2D eigenvalue weighted by atomic mass is 10.0. The quantitative estimate of drug-likeness (QED) is 0.0229. The van der Waals surface area contributed by atoms with E-state index in [1.807, 2.05) is 6.08 Å². The Labute approximate surface area is 390 Å². The van der Waals surface area contributed by atoms with Crippen molar-refractivity contribution in [3.8, 4) is 0 Å². The molecule has 0 rings (SSSR count). The number of nitrogens with two attached hydrogens (primary N) is 1. The largest absolute Gasteiger partial charge is 0.480 e. The van der Waals surface area contributed by atoms with E-state index < -0.39 is 51.1 Å². The maximum Gasteiger partial charge on any atom is 0.472 e. The van der Waals surface area contributed by atoms with Crippen LogP contribution in [0.5, 0.6) is 0 Å². The van der Waals surface area contributed by atoms with Crippen molar-refractivity contribution in [1.82, 2.24) is 0 Å². The first-order chi connectivity index (χ1) is 31.1. The molecule has 11 nitrogen and oxygen atoms in total. The van der Waals surface area contributed by atoms with Gasteiger partial charge in [-0.25, -0.2) is 4.57 Å². The van der Waals surface area contributed by atoms with Crippen molar-refractivity contribution >= 4 is 25.7 Å². The van der Waals surface area contributed by atoms with Gasteiger partial charge in [0.25, 0.3) is 0 Å². The molecule has 0 aromatic rings. The number of phosphoric ester groups is 1. The molecule has 0 saturated carbocycles. The molecule has 0 amide bonds. The Morgan fingerprint density at radius 1 is 0.484 bits per heavy atom. The number of carboxylic acids is 1. The maximum atomic E-state index is 12.7. The Morgan fingerprint density at radius 2 is 0.844 bits per heavy atom. The van der Waals surface area contributed by atoms with E-state index in [2.05, 4.69) is 60.9 Å². The van der Waals surface area contributed by atoms with Gasteiger partial charge >= 0.3 is 25.7 Å². The van der Waals surface area contributed by atoms with E-state index in [0.29, 0.717) is 19.3 Å². The van der Waals surface area contributed by atoms with Crippen LogP contribution in [0.1, 0.15) is 232 Å². The molecule has 0 aromatic carbocycles. The van der Waals surface area contributed by atoms with Gasteiger partial charge < -0.3 is 25.2 Å². The van der Waals surface area contributed by atoms with Gasteiger partial charge in [-0.15, -0.1) is 0 Å². The zero-order chi connectivity index (χ0) is 47.0. The average molecular weight is 924 g/mol. The molecule has 64 heavy (non-hydrogen) atoms. The Morgan fingerprint density at radius 3 is 1.28 bits per heavy atom. The van der Waals surface area contributed by atoms with Crippen LogP contribution in [0.25, 0.3) is 0 Å². The van der Waals surface area contributed by atoms with E-state index in [0.717, 1.165) is 44.9 Å². The fraction of sp³-hybridized carbons (Fsp3) is 0.788. The lowest BCUT2D eigenvalue weighted by Crippen LogP contribution is -2.34. The highest BCUT2D eigenvalue weighted by Crippen LogP contribution is 2.43. The monoisotopic (exact) mass is 924 g/mol. The summed E-state index contributed by atoms with van der Waals surface area (Å²) in [6, 6.07) is -1.53. The maximum absolute atomic E-state index is 12.7. The number of carboxylic acid groups (broad SMARTS) is 1. The molecule has 0 spiro atoms. The number of hydrogen-bond donors (Lipinski definition) is 3. The van der Waals surface area contributed by atoms with Crippen molar-refractivity contribution < 1.29 is 47.5 Å². The molecule has 4 N–H and O–H groups in total. The highest BCUT2D eigenvalue weighted by molar-refractivity contribution is 7.47. The summed E-state index contributed by atoms with van der Waals surface area (Å²) in [5, 5.41) is 8.92. The van der Waals surface area contributed by atoms with Gasteiger partial charge in [0, 0.05) is 12.8 Å². The molecule has 0 aliphatic rings. The SMILES string of the molecule is CCCCC/C=C/C/C=C/C/C=C/C/C=C/CCCC(=O)OC[C@@H](COP(=O)(O)OC[C@H](N)C(=O)O)OC(=O)CCCCCCCCCCCCCCCCCCCCCCCCC. The van der Waals surface area contributed by atoms with Crippen LogP contribution in [0.15, 0.2) is 48.6 Å². The molecule has 0 aromatic heterocycles. The topological polar surface area (TPSA) is 172 Å². The van der Waals surface area contributed by atoms with Crippen LogP contribution in [-0.2, 0) is 37.5 Å². The molecule has 1 unspecified atom stereocenters. The minimum Gasteiger partial charge on any atom is -0.480 e. The van der Waals surface area contributed by atoms with Gasteiger partial charge in [-0.3, -0.25) is 23.4 Å². The van der Waals surface area contributed by atoms with E-state index in [-0.39, 0.29) is 19.4 Å². The van der Waals surface area contributed by atoms with Crippen LogP contribution in [-0.4, -0.2) is 59.9 Å². The van der Waals surface area contributed by atoms with Crippen LogP contribution in [0.3, 0.4) is 0 Å². The predicted molar refractivity (Wildman–Crippen MR) is 263 cm³/mol. The third kappa shape index (κ3) is 46.0. The molecule has 3 atom stereocenters. The second-order valence-corrected chi connectivity index (χ2v) is 18.8. The number of phosphoric acid groups is 1. The molecular weight excluding hydrogens is 830 g/mol. The number of carbonyl (C=O) groups is 3. The van der Waals surface area contributed by atoms with E-state index in [1.54, 1.807) is 0 Å². The third-order valence-electron chi connectivity index (χ3n) is 11.1. The highest BCUT2D eigenvalue weighted by Gasteiger charge is 2.28. The van der Waals surface area contributed by atoms with Gasteiger partial charge in [0.05, 0.1) is 13.2 Å². The molecule has 0 fully saturated rings. The van der Waals surface area contributed by atoms with Gasteiger partial charge in [-0.05, 0) is 51.4 Å². The number of hydrogen-bond acceptors (Lipinski definition) is 9. The van der Waals surface area contributed by atoms with Gasteiger partial charge in [-0.2, -0.15) is 0 Å². The number of allylic oxidation sites excluding steroid dienone is 8. The number of aliphatic carboxylic acids is 1. The lowest BCUT2D eigenvalue weighted by Gasteiger charge is -2.20. The molecule has 0 bridgehead atoms. The van der Waals surface area contributed by atoms with E-state index in [9.17, 15) is 23.8 Å². The second-order valence-electron chi connectivity index (χ2n) is 17.3. The first kappa shape index (κ1) is 61.4. The highest BCUT2D eigenvalue weighted by atomic mass is 31.2. The minimum absolute atomic E-state index is 0.147. The predicted octanol–water partition coefficient (Wildman–Crippen LogP) is 14.5. The summed E-state index contributed by atoms with van der Waals surface area (Å²) in [6.45, 7) is 2.76. The fourth-order valence-corrected chi connectivity index (χ4v) is 7.84. The Bertz CT molecular complexity index is 1270. The summed E-state index contributed by atoms with van der Waals surface area (Å²) in [6.07, 6.45) is 54.7. The van der Waals surface area contributed by atoms with Crippen LogP contribution in [0.4, 0.5) is 0 Å². The Balaban J connectivity index is 4.27. The van der Waals surface area contributed by atoms with Crippen molar-refractivity contribution in [2.75, 3.05) is 19.8 Å². The minimum atomic E-state index is -4.73. The zero-order valence-corrected chi connectivity index (χ0v) is 41.5. The third-order valence-corrected chi connectivity index (χ3v) is 12.0. The lowest BCUT2D eigenvalue weighted by molar-refractivity contribution is -0.161. The van der Waals surface area contributed by atoms with Crippen molar-refractivity contribution in [3.05, 3.63) is 48.6 Å². The molecule has 0 saturated heterocycles. The van der Waals surface area contributed by atoms with E-state index in [4.69, 9.17) is 24.8 Å². The van der Waals surface area contributed by atoms with Crippen molar-refractivity contribution in [2.45, 2.75) is 244 Å². The number of ether oxygens (including phenoxy) is 2. The summed E-state index contributed by atoms with van der Waals surface area (Å²) in [4.78, 5) is 46.1. The van der Waals surface area contributed by atoms with Gasteiger partial charge in [0.1, 0.15) is 12.6 Å². The van der Waals surface area contributed by atoms with Crippen LogP contribution >= 0.6 is 7.82 Å². The summed E-state index contributed by atoms with van der Waals surface area (Å²) < 4.78 is 32.8. The Kier molecular flexibility index (Phi) is 45.1. The molecule has 372 valence electrons. The molecule has 0 aliphatic carbocycles. The molecule has 0 aliphatic heterocycles. The molecule has 0 heterocycles. The number of unbranched alkanes of at least 4 members (excludes halogenated alkanes) is 26. The van der Waals surface area contributed by atoms with Crippen LogP contribution in [0.2, 0.25) is 0 Å². The number of rotatable bonds is 48. The van der Waals surface area contributed by atoms with Gasteiger partial charge in [0.2, 0.25) is 0 Å². The van der Waals surface area contributed by atoms with Crippen molar-refractivity contribution in [1.29, 1.82) is 0 Å². The first-order valence-electron chi connectivity index (χ1n) is 25.7. The standard InChI is InChI=1S/C52H94NO10P/c1-3-5-7-9-11-13-15-17-19-21-22-23-24-25-26-28-30-32-34-36-38-40-42-44-51(55)63-48(46-61-64(58,59)62-47-49(53)52(56)57)45-60-50(54)43-41-39-37-35-33-31-29-27-20-18-16-14-12-10-8-6-4-2/h12,14,18,20,29,31,35,37,48-49H,3-11,13,15-17,19,21-28,30,32-34,36,38-47,53H2,1-2H3,(H,56,57)(H,58,59)/b14-12+,20-18+,31-29+,37-35+/t48-,49-/m0/s1. The summed E-state index contributed by atoms with van der Waals surface area (Å²) in [7, 11) is -4.73. The first-order valence-corrected chi connectivity index (χ1v) is 27.2. The molecular formula is C52H94NO10P. The Hall–Kier alpha value is -2.56. The molecule has 0 radical (unpaired) electrons. The smallest absolute Gasteiger partial charge is 0.472 e. The number of esters is 2. The number of carbonyl (C=O) groups excluding carboxylic acids is 2. The van der Waals surface area contributed by atoms with Crippen molar-refractivity contribution in [2.24, 2.45) is 5.73 Å². The fourth-order valence-electron chi connectivity index (χ4n) is 7.06. The van der Waals surface area contributed by atoms with E-state index in [1.165, 1.54) is 141 Å². The summed E-state index contributed by atoms with van der Waals surface area (Å²) in [5.41, 5.74) is 5.35. The van der Waals surface area contributed by atoms with Crippen LogP contribution in [0, 0.1) is 0 Å².